The number of rotatable bonds is 3. The van der Waals surface area contributed by atoms with Crippen molar-refractivity contribution in [2.45, 2.75) is 12.6 Å². The maximum absolute atomic E-state index is 12.0. The fraction of sp³-hybridized carbons (Fsp3) is 0.636. The van der Waals surface area contributed by atoms with Crippen LogP contribution in [-0.2, 0) is 0 Å². The molecular formula is C11H16F3N5S. The van der Waals surface area contributed by atoms with E-state index in [1.807, 2.05) is 5.38 Å². The minimum Gasteiger partial charge on any atom is -0.370 e. The molecule has 0 bridgehead atoms. The normalized spacial score (nSPS) is 17.6. The van der Waals surface area contributed by atoms with Crippen molar-refractivity contribution >= 4 is 22.4 Å². The van der Waals surface area contributed by atoms with Gasteiger partial charge in [0.2, 0.25) is 0 Å². The summed E-state index contributed by atoms with van der Waals surface area (Å²) in [5, 5.41) is 2.87. The van der Waals surface area contributed by atoms with Gasteiger partial charge in [-0.05, 0) is 0 Å². The maximum Gasteiger partial charge on any atom is 0.390 e. The van der Waals surface area contributed by atoms with Crippen LogP contribution in [-0.4, -0.2) is 54.7 Å². The van der Waals surface area contributed by atoms with Gasteiger partial charge in [-0.25, -0.2) is 4.98 Å². The summed E-state index contributed by atoms with van der Waals surface area (Å²) >= 11 is 1.57. The number of nitrogens with zero attached hydrogens (tertiary/aromatic N) is 4. The van der Waals surface area contributed by atoms with Gasteiger partial charge in [-0.15, -0.1) is 11.3 Å². The van der Waals surface area contributed by atoms with Crippen molar-refractivity contribution in [2.24, 2.45) is 10.7 Å². The second kappa shape index (κ2) is 6.29. The molecule has 2 N–H and O–H groups in total. The number of halogens is 3. The molecule has 5 nitrogen and oxygen atoms in total. The number of guanidine groups is 1. The van der Waals surface area contributed by atoms with Crippen molar-refractivity contribution in [2.75, 3.05) is 37.6 Å². The topological polar surface area (TPSA) is 57.8 Å². The molecule has 0 aromatic carbocycles. The summed E-state index contributed by atoms with van der Waals surface area (Å²) in [6.45, 7) is 2.44. The molecule has 112 valence electrons. The van der Waals surface area contributed by atoms with E-state index in [-0.39, 0.29) is 12.5 Å². The molecule has 2 rings (SSSR count). The predicted octanol–water partition coefficient (Wildman–Crippen LogP) is 1.53. The van der Waals surface area contributed by atoms with Crippen LogP contribution in [0.3, 0.4) is 0 Å². The first-order valence-corrected chi connectivity index (χ1v) is 7.10. The first-order chi connectivity index (χ1) is 9.46. The molecule has 0 amide bonds. The van der Waals surface area contributed by atoms with Crippen LogP contribution in [0.25, 0.3) is 0 Å². The molecule has 0 aliphatic carbocycles. The monoisotopic (exact) mass is 307 g/mol. The van der Waals surface area contributed by atoms with Gasteiger partial charge in [-0.2, -0.15) is 13.2 Å². The van der Waals surface area contributed by atoms with E-state index in [4.69, 9.17) is 5.73 Å². The summed E-state index contributed by atoms with van der Waals surface area (Å²) in [6, 6.07) is 0. The number of nitrogens with two attached hydrogens (primary N) is 1. The largest absolute Gasteiger partial charge is 0.390 e. The zero-order valence-electron chi connectivity index (χ0n) is 10.8. The lowest BCUT2D eigenvalue weighted by Gasteiger charge is -2.35. The minimum absolute atomic E-state index is 0.188. The molecule has 1 aliphatic heterocycles. The summed E-state index contributed by atoms with van der Waals surface area (Å²) in [6.07, 6.45) is -3.38. The second-order valence-corrected chi connectivity index (χ2v) is 5.27. The molecule has 9 heteroatoms. The molecule has 1 saturated heterocycles. The van der Waals surface area contributed by atoms with Gasteiger partial charge < -0.3 is 15.5 Å². The molecule has 0 spiro atoms. The molecule has 1 fully saturated rings. The summed E-state index contributed by atoms with van der Waals surface area (Å²) in [5.41, 5.74) is 5.72. The Morgan fingerprint density at radius 3 is 2.60 bits per heavy atom. The van der Waals surface area contributed by atoms with Gasteiger partial charge in [0.05, 0.1) is 13.0 Å². The van der Waals surface area contributed by atoms with Gasteiger partial charge in [0.25, 0.3) is 0 Å². The van der Waals surface area contributed by atoms with E-state index < -0.39 is 12.6 Å². The number of hydrogen-bond donors (Lipinski definition) is 1. The highest BCUT2D eigenvalue weighted by Gasteiger charge is 2.26. The molecule has 0 atom stereocenters. The van der Waals surface area contributed by atoms with E-state index in [0.29, 0.717) is 13.1 Å². The van der Waals surface area contributed by atoms with Crippen molar-refractivity contribution in [3.63, 3.8) is 0 Å². The van der Waals surface area contributed by atoms with Crippen LogP contribution >= 0.6 is 11.3 Å². The Labute approximate surface area is 118 Å². The lowest BCUT2D eigenvalue weighted by Crippen LogP contribution is -2.51. The standard InChI is InChI=1S/C11H16F3N5S/c12-11(13,14)1-2-16-9(15)18-4-6-19(7-5-18)10-17-3-8-20-10/h3,8H,1-2,4-7H2,(H2,15,16). The average molecular weight is 307 g/mol. The van der Waals surface area contributed by atoms with Crippen LogP contribution in [0.2, 0.25) is 0 Å². The van der Waals surface area contributed by atoms with Crippen molar-refractivity contribution in [3.8, 4) is 0 Å². The zero-order valence-corrected chi connectivity index (χ0v) is 11.6. The molecule has 1 aromatic rings. The SMILES string of the molecule is NC(=NCCC(F)(F)F)N1CCN(c2nccs2)CC1. The van der Waals surface area contributed by atoms with Gasteiger partial charge in [0.15, 0.2) is 11.1 Å². The highest BCUT2D eigenvalue weighted by molar-refractivity contribution is 7.13. The third-order valence-electron chi connectivity index (χ3n) is 2.96. The Hall–Kier alpha value is -1.51. The number of piperazine rings is 1. The zero-order chi connectivity index (χ0) is 14.6. The Morgan fingerprint density at radius 2 is 2.05 bits per heavy atom. The molecule has 0 saturated carbocycles. The number of aromatic nitrogens is 1. The quantitative estimate of drug-likeness (QED) is 0.680. The van der Waals surface area contributed by atoms with Crippen molar-refractivity contribution in [3.05, 3.63) is 11.6 Å². The predicted molar refractivity (Wildman–Crippen MR) is 73.1 cm³/mol. The molecular weight excluding hydrogens is 291 g/mol. The van der Waals surface area contributed by atoms with E-state index in [9.17, 15) is 13.2 Å². The Balaban J connectivity index is 1.79. The first-order valence-electron chi connectivity index (χ1n) is 6.22. The summed E-state index contributed by atoms with van der Waals surface area (Å²) in [7, 11) is 0. The lowest BCUT2D eigenvalue weighted by atomic mass is 10.3. The van der Waals surface area contributed by atoms with E-state index >= 15 is 0 Å². The first kappa shape index (κ1) is 14.9. The molecule has 1 aromatic heterocycles. The minimum atomic E-state index is -4.19. The van der Waals surface area contributed by atoms with Gasteiger partial charge in [0.1, 0.15) is 0 Å². The van der Waals surface area contributed by atoms with Crippen molar-refractivity contribution in [1.82, 2.24) is 9.88 Å². The molecule has 20 heavy (non-hydrogen) atoms. The van der Waals surface area contributed by atoms with E-state index in [1.54, 1.807) is 22.4 Å². The smallest absolute Gasteiger partial charge is 0.370 e. The number of alkyl halides is 3. The number of aliphatic imine (C=N–C) groups is 1. The average Bonchev–Trinajstić information content (AvgIpc) is 2.91. The number of hydrogen-bond acceptors (Lipinski definition) is 4. The van der Waals surface area contributed by atoms with Crippen LogP contribution in [0.5, 0.6) is 0 Å². The summed E-state index contributed by atoms with van der Waals surface area (Å²) in [4.78, 5) is 12.0. The Bertz CT molecular complexity index is 437. The van der Waals surface area contributed by atoms with Gasteiger partial charge in [-0.1, -0.05) is 0 Å². The molecule has 2 heterocycles. The van der Waals surface area contributed by atoms with Gasteiger partial charge >= 0.3 is 6.18 Å². The van der Waals surface area contributed by atoms with Gasteiger partial charge in [-0.3, -0.25) is 4.99 Å². The van der Waals surface area contributed by atoms with Crippen molar-refractivity contribution in [1.29, 1.82) is 0 Å². The Kier molecular flexibility index (Phi) is 4.69. The number of anilines is 1. The van der Waals surface area contributed by atoms with Crippen LogP contribution in [0, 0.1) is 0 Å². The summed E-state index contributed by atoms with van der Waals surface area (Å²) in [5.74, 6) is 0.188. The molecule has 0 radical (unpaired) electrons. The van der Waals surface area contributed by atoms with E-state index in [0.717, 1.165) is 18.2 Å². The summed E-state index contributed by atoms with van der Waals surface area (Å²) < 4.78 is 36.1. The third kappa shape index (κ3) is 4.26. The van der Waals surface area contributed by atoms with Crippen LogP contribution in [0.1, 0.15) is 6.42 Å². The Morgan fingerprint density at radius 1 is 1.35 bits per heavy atom. The molecule has 1 aliphatic rings. The van der Waals surface area contributed by atoms with Gasteiger partial charge in [0, 0.05) is 37.8 Å². The van der Waals surface area contributed by atoms with E-state index in [2.05, 4.69) is 14.9 Å². The van der Waals surface area contributed by atoms with Crippen LogP contribution in [0.15, 0.2) is 16.6 Å². The van der Waals surface area contributed by atoms with E-state index in [1.165, 1.54) is 0 Å². The lowest BCUT2D eigenvalue weighted by molar-refractivity contribution is -0.132. The van der Waals surface area contributed by atoms with Crippen molar-refractivity contribution < 1.29 is 13.2 Å². The second-order valence-electron chi connectivity index (χ2n) is 4.39. The third-order valence-corrected chi connectivity index (χ3v) is 3.79. The molecule has 0 unspecified atom stereocenters. The van der Waals surface area contributed by atoms with Crippen LogP contribution in [0.4, 0.5) is 18.3 Å². The fourth-order valence-corrected chi connectivity index (χ4v) is 2.59. The maximum atomic E-state index is 12.0. The fourth-order valence-electron chi connectivity index (χ4n) is 1.90. The van der Waals surface area contributed by atoms with Crippen LogP contribution < -0.4 is 10.6 Å². The highest BCUT2D eigenvalue weighted by Crippen LogP contribution is 2.20. The number of thiazole rings is 1. The highest BCUT2D eigenvalue weighted by atomic mass is 32.1.